The van der Waals surface area contributed by atoms with Gasteiger partial charge in [0.2, 0.25) is 5.13 Å². The molecule has 1 saturated carbocycles. The number of carbonyl (C=O) groups is 1. The Kier molecular flexibility index (Phi) is 6.49. The molecule has 2 heterocycles. The first-order valence-electron chi connectivity index (χ1n) is 10.9. The van der Waals surface area contributed by atoms with Crippen LogP contribution in [0.15, 0.2) is 46.7 Å². The van der Waals surface area contributed by atoms with Crippen LogP contribution in [-0.2, 0) is 23.8 Å². The number of hydrogen-bond acceptors (Lipinski definition) is 5. The molecule has 0 amide bonds. The maximum atomic E-state index is 14.5. The minimum atomic E-state index is -1.98. The highest BCUT2D eigenvalue weighted by Crippen LogP contribution is 2.38. The highest BCUT2D eigenvalue weighted by atomic mass is 32.2. The Morgan fingerprint density at radius 2 is 1.92 bits per heavy atom. The third-order valence-corrected chi connectivity index (χ3v) is 7.53. The number of carboxylic acids is 1. The molecule has 0 saturated heterocycles. The largest absolute Gasteiger partial charge is 0.476 e. The number of nitrogens with zero attached hydrogens (tertiary/aromatic N) is 3. The summed E-state index contributed by atoms with van der Waals surface area (Å²) >= 11 is 1.10. The molecule has 1 atom stereocenters. The molecular weight excluding hydrogens is 513 g/mol. The average Bonchev–Trinajstić information content (AvgIpc) is 3.38. The molecule has 0 radical (unpaired) electrons. The third-order valence-electron chi connectivity index (χ3n) is 5.95. The van der Waals surface area contributed by atoms with E-state index in [1.165, 1.54) is 23.6 Å². The van der Waals surface area contributed by atoms with E-state index in [0.29, 0.717) is 39.9 Å². The summed E-state index contributed by atoms with van der Waals surface area (Å²) in [6.45, 7) is 0. The summed E-state index contributed by atoms with van der Waals surface area (Å²) in [5.74, 6) is -3.56. The highest BCUT2D eigenvalue weighted by molar-refractivity contribution is 7.82. The zero-order chi connectivity index (χ0) is 25.6. The number of hydrogen-bond donors (Lipinski definition) is 2. The predicted octanol–water partition coefficient (Wildman–Crippen LogP) is 4.64. The van der Waals surface area contributed by atoms with Crippen LogP contribution < -0.4 is 5.14 Å². The van der Waals surface area contributed by atoms with Crippen LogP contribution in [0.25, 0.3) is 16.4 Å². The number of benzene rings is 2. The van der Waals surface area contributed by atoms with Crippen molar-refractivity contribution in [2.45, 2.75) is 30.6 Å². The van der Waals surface area contributed by atoms with Gasteiger partial charge >= 0.3 is 5.97 Å². The number of halogens is 3. The van der Waals surface area contributed by atoms with E-state index in [0.717, 1.165) is 42.0 Å². The fraction of sp³-hybridized carbons (Fsp3) is 0.208. The number of thiazole rings is 1. The molecule has 2 aromatic heterocycles. The second-order valence-corrected chi connectivity index (χ2v) is 10.4. The Balaban J connectivity index is 1.68. The molecule has 1 unspecified atom stereocenters. The molecule has 1 aliphatic carbocycles. The predicted molar refractivity (Wildman–Crippen MR) is 128 cm³/mol. The molecule has 5 rings (SSSR count). The first-order chi connectivity index (χ1) is 17.2. The van der Waals surface area contributed by atoms with Crippen LogP contribution in [0.4, 0.5) is 13.2 Å². The van der Waals surface area contributed by atoms with Gasteiger partial charge in [0.05, 0.1) is 16.3 Å². The van der Waals surface area contributed by atoms with Gasteiger partial charge in [-0.3, -0.25) is 0 Å². The fourth-order valence-corrected chi connectivity index (χ4v) is 5.22. The van der Waals surface area contributed by atoms with E-state index in [1.807, 2.05) is 0 Å². The summed E-state index contributed by atoms with van der Waals surface area (Å²) in [4.78, 5) is 15.5. The van der Waals surface area contributed by atoms with E-state index in [4.69, 9.17) is 5.14 Å². The van der Waals surface area contributed by atoms with Gasteiger partial charge in [0.15, 0.2) is 17.3 Å². The summed E-state index contributed by atoms with van der Waals surface area (Å²) in [5.41, 5.74) is 2.45. The maximum Gasteiger partial charge on any atom is 0.355 e. The quantitative estimate of drug-likeness (QED) is 0.344. The number of carboxylic acid groups (broad SMARTS) is 1. The Morgan fingerprint density at radius 1 is 1.14 bits per heavy atom. The van der Waals surface area contributed by atoms with Gasteiger partial charge in [-0.15, -0.1) is 11.3 Å². The third kappa shape index (κ3) is 4.84. The number of aromatic nitrogens is 3. The van der Waals surface area contributed by atoms with Crippen LogP contribution in [0.5, 0.6) is 0 Å². The summed E-state index contributed by atoms with van der Waals surface area (Å²) in [6.07, 6.45) is 2.80. The van der Waals surface area contributed by atoms with Crippen LogP contribution in [0.3, 0.4) is 0 Å². The molecule has 7 nitrogen and oxygen atoms in total. The zero-order valence-electron chi connectivity index (χ0n) is 18.6. The van der Waals surface area contributed by atoms with Crippen LogP contribution in [0.1, 0.15) is 40.2 Å². The molecular formula is C24H19F3N4O3S2. The average molecular weight is 533 g/mol. The Labute approximate surface area is 210 Å². The van der Waals surface area contributed by atoms with Crippen molar-refractivity contribution in [1.82, 2.24) is 14.8 Å². The monoisotopic (exact) mass is 532 g/mol. The molecule has 0 spiro atoms. The van der Waals surface area contributed by atoms with E-state index in [-0.39, 0.29) is 17.0 Å². The van der Waals surface area contributed by atoms with Gasteiger partial charge in [0, 0.05) is 22.9 Å². The van der Waals surface area contributed by atoms with E-state index in [9.17, 15) is 27.3 Å². The number of rotatable bonds is 8. The molecule has 3 N–H and O–H groups in total. The molecule has 186 valence electrons. The second kappa shape index (κ2) is 9.60. The minimum Gasteiger partial charge on any atom is -0.476 e. The summed E-state index contributed by atoms with van der Waals surface area (Å²) in [7, 11) is -1.98. The van der Waals surface area contributed by atoms with Gasteiger partial charge in [0.25, 0.3) is 0 Å². The summed E-state index contributed by atoms with van der Waals surface area (Å²) in [5, 5.41) is 21.0. The van der Waals surface area contributed by atoms with Gasteiger partial charge in [0.1, 0.15) is 16.8 Å². The Hall–Kier alpha value is -3.35. The van der Waals surface area contributed by atoms with Crippen molar-refractivity contribution in [3.05, 3.63) is 81.7 Å². The zero-order valence-corrected chi connectivity index (χ0v) is 20.2. The summed E-state index contributed by atoms with van der Waals surface area (Å²) in [6, 6.07) is 7.63. The molecule has 0 aliphatic heterocycles. The lowest BCUT2D eigenvalue weighted by molar-refractivity contribution is 0.0691. The van der Waals surface area contributed by atoms with E-state index in [1.54, 1.807) is 10.7 Å². The lowest BCUT2D eigenvalue weighted by atomic mass is 9.97. The first kappa shape index (κ1) is 24.3. The molecule has 1 aliphatic rings. The maximum absolute atomic E-state index is 14.5. The molecule has 4 aromatic rings. The minimum absolute atomic E-state index is 0.127. The van der Waals surface area contributed by atoms with Crippen molar-refractivity contribution in [2.75, 3.05) is 0 Å². The van der Waals surface area contributed by atoms with Gasteiger partial charge in [-0.2, -0.15) is 5.10 Å². The Bertz CT molecular complexity index is 1510. The van der Waals surface area contributed by atoms with E-state index < -0.39 is 34.4 Å². The lowest BCUT2D eigenvalue weighted by Crippen LogP contribution is -2.07. The molecule has 12 heteroatoms. The van der Waals surface area contributed by atoms with Crippen molar-refractivity contribution < 1.29 is 27.3 Å². The van der Waals surface area contributed by atoms with Crippen LogP contribution in [0.2, 0.25) is 0 Å². The fourth-order valence-electron chi connectivity index (χ4n) is 3.99. The van der Waals surface area contributed by atoms with Crippen LogP contribution in [0, 0.1) is 23.4 Å². The van der Waals surface area contributed by atoms with Gasteiger partial charge < -0.3 is 5.11 Å². The normalized spacial score (nSPS) is 14.2. The lowest BCUT2D eigenvalue weighted by Gasteiger charge is -2.10. The van der Waals surface area contributed by atoms with Crippen LogP contribution >= 0.6 is 11.3 Å². The number of aromatic carboxylic acids is 1. The molecule has 2 aromatic carbocycles. The number of nitrogens with two attached hydrogens (primary N) is 1. The highest BCUT2D eigenvalue weighted by Gasteiger charge is 2.29. The van der Waals surface area contributed by atoms with E-state index >= 15 is 0 Å². The topological polar surface area (TPSA) is 111 Å². The van der Waals surface area contributed by atoms with Gasteiger partial charge in [-0.25, -0.2) is 37.0 Å². The second-order valence-electron chi connectivity index (χ2n) is 8.52. The molecule has 1 fully saturated rings. The smallest absolute Gasteiger partial charge is 0.355 e. The van der Waals surface area contributed by atoms with Crippen LogP contribution in [-0.4, -0.2) is 30.0 Å². The van der Waals surface area contributed by atoms with E-state index in [2.05, 4.69) is 10.1 Å². The van der Waals surface area contributed by atoms with Crippen molar-refractivity contribution in [1.29, 1.82) is 0 Å². The molecule has 36 heavy (non-hydrogen) atoms. The van der Waals surface area contributed by atoms with Gasteiger partial charge in [-0.05, 0) is 61.1 Å². The van der Waals surface area contributed by atoms with Crippen molar-refractivity contribution in [2.24, 2.45) is 11.1 Å². The molecule has 0 bridgehead atoms. The summed E-state index contributed by atoms with van der Waals surface area (Å²) < 4.78 is 55.5. The van der Waals surface area contributed by atoms with Gasteiger partial charge in [-0.1, -0.05) is 6.07 Å². The SMILES string of the molecule is NS(=O)c1ccc(Cc2c(-c3ccc(F)c(F)c3)nn(-c3nc(C(=O)O)cs3)c2CC2CC2)cc1F. The Morgan fingerprint density at radius 3 is 2.53 bits per heavy atom. The standard InChI is InChI=1S/C24H19F3N4O3S2/c25-16-5-4-14(10-17(16)26)22-15(7-13-3-6-21(36(28)34)18(27)8-13)20(9-12-1-2-12)31(30-22)24-29-19(11-35-24)23(32)33/h3-6,8,10-12H,1-2,7,9,28H2,(H,32,33). The van der Waals surface area contributed by atoms with Crippen molar-refractivity contribution in [3.8, 4) is 16.4 Å². The van der Waals surface area contributed by atoms with Crippen molar-refractivity contribution in [3.63, 3.8) is 0 Å². The first-order valence-corrected chi connectivity index (χ1v) is 13.0. The van der Waals surface area contributed by atoms with Crippen molar-refractivity contribution >= 4 is 28.3 Å².